The SMILES string of the molecule is O=S(=O)(I)Nc1ccccc1I. The molecular formula is C6H5I2NO2S. The molecule has 0 radical (unpaired) electrons. The lowest BCUT2D eigenvalue weighted by atomic mass is 10.3. The van der Waals surface area contributed by atoms with Gasteiger partial charge in [0.1, 0.15) is 0 Å². The minimum absolute atomic E-state index is 0.618. The maximum Gasteiger partial charge on any atom is 0.286 e. The Morgan fingerprint density at radius 3 is 2.33 bits per heavy atom. The maximum atomic E-state index is 10.8. The van der Waals surface area contributed by atoms with Gasteiger partial charge in [-0.25, -0.2) is 0 Å². The first-order chi connectivity index (χ1) is 5.49. The molecule has 0 saturated carbocycles. The van der Waals surface area contributed by atoms with Crippen LogP contribution in [0.25, 0.3) is 0 Å². The average Bonchev–Trinajstić information content (AvgIpc) is 1.91. The number of para-hydroxylation sites is 1. The fourth-order valence-electron chi connectivity index (χ4n) is 0.675. The van der Waals surface area contributed by atoms with Crippen LogP contribution in [0, 0.1) is 3.57 Å². The van der Waals surface area contributed by atoms with Gasteiger partial charge >= 0.3 is 0 Å². The lowest BCUT2D eigenvalue weighted by molar-refractivity contribution is 0.617. The van der Waals surface area contributed by atoms with Crippen LogP contribution in [0.2, 0.25) is 0 Å². The van der Waals surface area contributed by atoms with Crippen LogP contribution < -0.4 is 4.72 Å². The van der Waals surface area contributed by atoms with E-state index in [1.54, 1.807) is 12.1 Å². The molecule has 0 unspecified atom stereocenters. The lowest BCUT2D eigenvalue weighted by Crippen LogP contribution is -2.04. The van der Waals surface area contributed by atoms with Crippen molar-refractivity contribution in [2.45, 2.75) is 0 Å². The molecule has 0 amide bonds. The summed E-state index contributed by atoms with van der Waals surface area (Å²) in [5, 5.41) is 0. The van der Waals surface area contributed by atoms with Gasteiger partial charge < -0.3 is 0 Å². The predicted octanol–water partition coefficient (Wildman–Crippen LogP) is 2.38. The highest BCUT2D eigenvalue weighted by atomic mass is 127. The standard InChI is InChI=1S/C6H5I2NO2S/c7-5-3-1-2-4-6(5)9-12(8,10)11/h1-4,9H. The molecule has 1 aromatic carbocycles. The van der Waals surface area contributed by atoms with Crippen molar-refractivity contribution in [1.82, 2.24) is 0 Å². The van der Waals surface area contributed by atoms with Gasteiger partial charge in [0.15, 0.2) is 0 Å². The third-order valence-electron chi connectivity index (χ3n) is 1.11. The molecule has 0 spiro atoms. The van der Waals surface area contributed by atoms with Gasteiger partial charge in [0, 0.05) is 3.57 Å². The van der Waals surface area contributed by atoms with Crippen LogP contribution in [0.1, 0.15) is 0 Å². The highest BCUT2D eigenvalue weighted by Gasteiger charge is 2.05. The van der Waals surface area contributed by atoms with Crippen LogP contribution in [0.15, 0.2) is 24.3 Å². The van der Waals surface area contributed by atoms with E-state index in [9.17, 15) is 8.42 Å². The minimum Gasteiger partial charge on any atom is -0.275 e. The van der Waals surface area contributed by atoms with Gasteiger partial charge in [0.25, 0.3) is 7.19 Å². The van der Waals surface area contributed by atoms with E-state index in [1.807, 2.05) is 12.1 Å². The van der Waals surface area contributed by atoms with E-state index in [2.05, 4.69) is 27.3 Å². The Labute approximate surface area is 96.7 Å². The van der Waals surface area contributed by atoms with Gasteiger partial charge in [-0.3, -0.25) is 4.72 Å². The molecule has 0 aromatic heterocycles. The number of nitrogens with one attached hydrogen (secondary N) is 1. The summed E-state index contributed by atoms with van der Waals surface area (Å²) in [6.45, 7) is 0. The molecule has 66 valence electrons. The molecule has 1 aromatic rings. The number of hydrogen-bond acceptors (Lipinski definition) is 2. The van der Waals surface area contributed by atoms with Crippen LogP contribution in [0.4, 0.5) is 5.69 Å². The van der Waals surface area contributed by atoms with Crippen LogP contribution >= 0.6 is 43.8 Å². The second-order valence-electron chi connectivity index (χ2n) is 2.02. The molecule has 0 aliphatic carbocycles. The summed E-state index contributed by atoms with van der Waals surface area (Å²) in [5.74, 6) is 0. The summed E-state index contributed by atoms with van der Waals surface area (Å²) in [6.07, 6.45) is 0. The highest BCUT2D eigenvalue weighted by Crippen LogP contribution is 2.19. The molecule has 0 aliphatic heterocycles. The minimum atomic E-state index is -3.18. The van der Waals surface area contributed by atoms with Gasteiger partial charge in [-0.1, -0.05) is 12.1 Å². The summed E-state index contributed by atoms with van der Waals surface area (Å²) in [4.78, 5) is 0. The van der Waals surface area contributed by atoms with Gasteiger partial charge in [0.2, 0.25) is 0 Å². The quantitative estimate of drug-likeness (QED) is 0.603. The van der Waals surface area contributed by atoms with Gasteiger partial charge in [0.05, 0.1) is 26.9 Å². The zero-order valence-corrected chi connectivity index (χ0v) is 10.9. The summed E-state index contributed by atoms with van der Waals surface area (Å²) >= 11 is 3.42. The molecule has 3 nitrogen and oxygen atoms in total. The molecule has 6 heteroatoms. The first kappa shape index (κ1) is 10.5. The van der Waals surface area contributed by atoms with Crippen molar-refractivity contribution in [3.63, 3.8) is 0 Å². The molecule has 1 N–H and O–H groups in total. The molecule has 0 heterocycles. The largest absolute Gasteiger partial charge is 0.286 e. The zero-order chi connectivity index (χ0) is 9.19. The number of rotatable bonds is 2. The van der Waals surface area contributed by atoms with Crippen molar-refractivity contribution in [3.8, 4) is 0 Å². The normalized spacial score (nSPS) is 11.2. The van der Waals surface area contributed by atoms with Gasteiger partial charge in [-0.15, -0.1) is 0 Å². The van der Waals surface area contributed by atoms with Crippen LogP contribution in [-0.4, -0.2) is 8.42 Å². The number of halogens is 2. The smallest absolute Gasteiger partial charge is 0.275 e. The van der Waals surface area contributed by atoms with E-state index in [-0.39, 0.29) is 0 Å². The van der Waals surface area contributed by atoms with Crippen LogP contribution in [0.3, 0.4) is 0 Å². The second kappa shape index (κ2) is 4.09. The fraction of sp³-hybridized carbons (Fsp3) is 0. The molecule has 0 bridgehead atoms. The Kier molecular flexibility index (Phi) is 3.58. The molecule has 12 heavy (non-hydrogen) atoms. The van der Waals surface area contributed by atoms with E-state index >= 15 is 0 Å². The van der Waals surface area contributed by atoms with Crippen molar-refractivity contribution >= 4 is 56.7 Å². The lowest BCUT2D eigenvalue weighted by Gasteiger charge is -2.03. The van der Waals surface area contributed by atoms with E-state index in [0.717, 1.165) is 3.57 Å². The van der Waals surface area contributed by atoms with E-state index in [4.69, 9.17) is 0 Å². The van der Waals surface area contributed by atoms with Crippen molar-refractivity contribution in [1.29, 1.82) is 0 Å². The van der Waals surface area contributed by atoms with Crippen LogP contribution in [0.5, 0.6) is 0 Å². The summed E-state index contributed by atoms with van der Waals surface area (Å²) in [7, 11) is -3.18. The third-order valence-corrected chi connectivity index (χ3v) is 3.17. The second-order valence-corrected chi connectivity index (χ2v) is 7.74. The Morgan fingerprint density at radius 1 is 1.25 bits per heavy atom. The Hall–Kier alpha value is 0.430. The Bertz CT molecular complexity index is 377. The van der Waals surface area contributed by atoms with Gasteiger partial charge in [-0.2, -0.15) is 8.42 Å². The number of anilines is 1. The number of benzene rings is 1. The van der Waals surface area contributed by atoms with Crippen molar-refractivity contribution < 1.29 is 8.42 Å². The molecule has 1 rings (SSSR count). The fourth-order valence-corrected chi connectivity index (χ4v) is 2.53. The molecule has 0 fully saturated rings. The molecule has 0 aliphatic rings. The monoisotopic (exact) mass is 409 g/mol. The third kappa shape index (κ3) is 3.44. The highest BCUT2D eigenvalue weighted by molar-refractivity contribution is 14.2. The van der Waals surface area contributed by atoms with Crippen molar-refractivity contribution in [2.75, 3.05) is 4.72 Å². The van der Waals surface area contributed by atoms with E-state index < -0.39 is 7.19 Å². The zero-order valence-electron chi connectivity index (χ0n) is 5.79. The first-order valence-corrected chi connectivity index (χ1v) is 8.06. The van der Waals surface area contributed by atoms with Crippen molar-refractivity contribution in [3.05, 3.63) is 27.8 Å². The number of hydrogen-bond donors (Lipinski definition) is 1. The molecular weight excluding hydrogens is 404 g/mol. The molecule has 0 atom stereocenters. The maximum absolute atomic E-state index is 10.8. The van der Waals surface area contributed by atoms with Gasteiger partial charge in [-0.05, 0) is 34.7 Å². The summed E-state index contributed by atoms with van der Waals surface area (Å²) in [6, 6.07) is 7.20. The molecule has 0 saturated heterocycles. The Balaban J connectivity index is 2.98. The van der Waals surface area contributed by atoms with Crippen LogP contribution in [-0.2, 0) is 7.19 Å². The predicted molar refractivity (Wildman–Crippen MR) is 65.7 cm³/mol. The first-order valence-electron chi connectivity index (χ1n) is 2.96. The van der Waals surface area contributed by atoms with Crippen molar-refractivity contribution in [2.24, 2.45) is 0 Å². The average molecular weight is 409 g/mol. The van der Waals surface area contributed by atoms with E-state index in [0.29, 0.717) is 5.69 Å². The Morgan fingerprint density at radius 2 is 1.83 bits per heavy atom. The topological polar surface area (TPSA) is 46.2 Å². The summed E-state index contributed by atoms with van der Waals surface area (Å²) in [5.41, 5.74) is 0.618. The summed E-state index contributed by atoms with van der Waals surface area (Å²) < 4.78 is 24.9. The van der Waals surface area contributed by atoms with E-state index in [1.165, 1.54) is 21.2 Å².